The van der Waals surface area contributed by atoms with E-state index in [-0.39, 0.29) is 0 Å². The number of nitrogens with one attached hydrogen (secondary N) is 2. The van der Waals surface area contributed by atoms with E-state index in [0.29, 0.717) is 24.8 Å². The van der Waals surface area contributed by atoms with Crippen molar-refractivity contribution in [2.45, 2.75) is 32.9 Å². The zero-order chi connectivity index (χ0) is 15.8. The molecule has 3 N–H and O–H groups in total. The zero-order valence-corrected chi connectivity index (χ0v) is 13.8. The summed E-state index contributed by atoms with van der Waals surface area (Å²) in [7, 11) is 0. The average Bonchev–Trinajstić information content (AvgIpc) is 3.20. The molecule has 2 aromatic heterocycles. The first kappa shape index (κ1) is 16.6. The second-order valence-corrected chi connectivity index (χ2v) is 6.08. The number of rotatable bonds is 7. The molecule has 0 saturated heterocycles. The molecule has 22 heavy (non-hydrogen) atoms. The van der Waals surface area contributed by atoms with E-state index in [1.54, 1.807) is 29.7 Å². The van der Waals surface area contributed by atoms with Crippen LogP contribution in [0.1, 0.15) is 35.5 Å². The first-order valence-corrected chi connectivity index (χ1v) is 8.35. The van der Waals surface area contributed by atoms with Crippen molar-refractivity contribution in [1.82, 2.24) is 10.6 Å². The van der Waals surface area contributed by atoms with Crippen molar-refractivity contribution < 1.29 is 9.52 Å². The summed E-state index contributed by atoms with van der Waals surface area (Å²) in [6, 6.07) is 7.79. The van der Waals surface area contributed by atoms with E-state index in [9.17, 15) is 5.11 Å². The van der Waals surface area contributed by atoms with E-state index in [2.05, 4.69) is 34.7 Å². The van der Waals surface area contributed by atoms with Gasteiger partial charge in [0.1, 0.15) is 11.9 Å². The molecule has 0 aliphatic heterocycles. The summed E-state index contributed by atoms with van der Waals surface area (Å²) in [6.07, 6.45) is 1.93. The Labute approximate surface area is 135 Å². The Bertz CT molecular complexity index is 578. The molecule has 0 amide bonds. The number of hydrogen-bond donors (Lipinski definition) is 3. The van der Waals surface area contributed by atoms with Gasteiger partial charge in [-0.2, -0.15) is 0 Å². The lowest BCUT2D eigenvalue weighted by atomic mass is 10.3. The van der Waals surface area contributed by atoms with E-state index >= 15 is 0 Å². The van der Waals surface area contributed by atoms with Crippen LogP contribution in [0.25, 0.3) is 0 Å². The molecule has 6 heteroatoms. The van der Waals surface area contributed by atoms with Gasteiger partial charge in [-0.25, -0.2) is 4.99 Å². The quantitative estimate of drug-likeness (QED) is 0.542. The average molecular weight is 321 g/mol. The standard InChI is InChI=1S/C16H23N3O2S/c1-3-12-7-8-13(22-12)10-18-16(17-4-2)19-11-14(20)15-6-5-9-21-15/h5-9,14,20H,3-4,10-11H2,1-2H3,(H2,17,18,19). The summed E-state index contributed by atoms with van der Waals surface area (Å²) in [5, 5.41) is 16.3. The van der Waals surface area contributed by atoms with Gasteiger partial charge in [-0.3, -0.25) is 0 Å². The van der Waals surface area contributed by atoms with Crippen molar-refractivity contribution in [3.63, 3.8) is 0 Å². The fraction of sp³-hybridized carbons (Fsp3) is 0.438. The summed E-state index contributed by atoms with van der Waals surface area (Å²) >= 11 is 1.79. The number of guanidine groups is 1. The molecule has 0 radical (unpaired) electrons. The minimum absolute atomic E-state index is 0.351. The van der Waals surface area contributed by atoms with Crippen LogP contribution in [0.3, 0.4) is 0 Å². The van der Waals surface area contributed by atoms with Crippen molar-refractivity contribution >= 4 is 17.3 Å². The van der Waals surface area contributed by atoms with E-state index in [1.807, 2.05) is 6.92 Å². The monoisotopic (exact) mass is 321 g/mol. The predicted molar refractivity (Wildman–Crippen MR) is 90.2 cm³/mol. The van der Waals surface area contributed by atoms with Gasteiger partial charge in [0.15, 0.2) is 5.96 Å². The van der Waals surface area contributed by atoms with Gasteiger partial charge in [-0.15, -0.1) is 11.3 Å². The molecular formula is C16H23N3O2S. The van der Waals surface area contributed by atoms with Crippen LogP contribution < -0.4 is 10.6 Å². The van der Waals surface area contributed by atoms with Crippen LogP contribution in [0.2, 0.25) is 0 Å². The molecule has 0 saturated carbocycles. The summed E-state index contributed by atoms with van der Waals surface area (Å²) in [6.45, 7) is 5.93. The van der Waals surface area contributed by atoms with Crippen LogP contribution in [-0.4, -0.2) is 24.2 Å². The van der Waals surface area contributed by atoms with Crippen LogP contribution in [0.4, 0.5) is 0 Å². The Morgan fingerprint density at radius 2 is 2.09 bits per heavy atom. The van der Waals surface area contributed by atoms with Crippen molar-refractivity contribution in [1.29, 1.82) is 0 Å². The molecule has 120 valence electrons. The summed E-state index contributed by atoms with van der Waals surface area (Å²) in [5.41, 5.74) is 0. The summed E-state index contributed by atoms with van der Waals surface area (Å²) in [5.74, 6) is 1.24. The number of nitrogens with zero attached hydrogens (tertiary/aromatic N) is 1. The molecule has 0 aromatic carbocycles. The molecule has 5 nitrogen and oxygen atoms in total. The SMILES string of the molecule is CCNC(=NCc1ccc(CC)s1)NCC(O)c1ccco1. The Hall–Kier alpha value is -1.79. The van der Waals surface area contributed by atoms with Gasteiger partial charge in [-0.1, -0.05) is 6.92 Å². The predicted octanol–water partition coefficient (Wildman–Crippen LogP) is 2.69. The molecule has 0 fully saturated rings. The van der Waals surface area contributed by atoms with Crippen LogP contribution >= 0.6 is 11.3 Å². The maximum atomic E-state index is 10.0. The fourth-order valence-corrected chi connectivity index (χ4v) is 2.85. The Balaban J connectivity index is 1.89. The molecular weight excluding hydrogens is 298 g/mol. The number of aliphatic imine (C=N–C) groups is 1. The van der Waals surface area contributed by atoms with Crippen LogP contribution in [0.5, 0.6) is 0 Å². The summed E-state index contributed by atoms with van der Waals surface area (Å²) < 4.78 is 5.18. The minimum Gasteiger partial charge on any atom is -0.467 e. The van der Waals surface area contributed by atoms with Gasteiger partial charge in [0.05, 0.1) is 19.4 Å². The van der Waals surface area contributed by atoms with Crippen molar-refractivity contribution in [2.75, 3.05) is 13.1 Å². The van der Waals surface area contributed by atoms with Crippen LogP contribution in [0.15, 0.2) is 39.9 Å². The minimum atomic E-state index is -0.688. The molecule has 0 bridgehead atoms. The second kappa shape index (κ2) is 8.60. The maximum absolute atomic E-state index is 10.0. The smallest absolute Gasteiger partial charge is 0.191 e. The van der Waals surface area contributed by atoms with Crippen molar-refractivity contribution in [2.24, 2.45) is 4.99 Å². The molecule has 0 aliphatic rings. The van der Waals surface area contributed by atoms with Gasteiger partial charge in [0, 0.05) is 16.3 Å². The van der Waals surface area contributed by atoms with Gasteiger partial charge < -0.3 is 20.2 Å². The molecule has 1 atom stereocenters. The Morgan fingerprint density at radius 1 is 1.27 bits per heavy atom. The van der Waals surface area contributed by atoms with Gasteiger partial charge in [0.2, 0.25) is 0 Å². The molecule has 2 rings (SSSR count). The van der Waals surface area contributed by atoms with Gasteiger partial charge >= 0.3 is 0 Å². The van der Waals surface area contributed by atoms with Gasteiger partial charge in [0.25, 0.3) is 0 Å². The van der Waals surface area contributed by atoms with Crippen molar-refractivity contribution in [3.8, 4) is 0 Å². The number of furan rings is 1. The highest BCUT2D eigenvalue weighted by Gasteiger charge is 2.10. The number of hydrogen-bond acceptors (Lipinski definition) is 4. The molecule has 2 aromatic rings. The van der Waals surface area contributed by atoms with E-state index in [4.69, 9.17) is 4.42 Å². The highest BCUT2D eigenvalue weighted by Crippen LogP contribution is 2.17. The largest absolute Gasteiger partial charge is 0.467 e. The molecule has 2 heterocycles. The first-order valence-electron chi connectivity index (χ1n) is 7.54. The normalized spacial score (nSPS) is 13.1. The second-order valence-electron chi connectivity index (χ2n) is 4.83. The number of aryl methyl sites for hydroxylation is 1. The number of aliphatic hydroxyl groups excluding tert-OH is 1. The zero-order valence-electron chi connectivity index (χ0n) is 13.0. The third kappa shape index (κ3) is 4.89. The molecule has 1 unspecified atom stereocenters. The number of aliphatic hydroxyl groups is 1. The van der Waals surface area contributed by atoms with Crippen LogP contribution in [0, 0.1) is 0 Å². The lowest BCUT2D eigenvalue weighted by Crippen LogP contribution is -2.39. The fourth-order valence-electron chi connectivity index (χ4n) is 1.97. The van der Waals surface area contributed by atoms with E-state index in [0.717, 1.165) is 13.0 Å². The maximum Gasteiger partial charge on any atom is 0.191 e. The third-order valence-electron chi connectivity index (χ3n) is 3.14. The highest BCUT2D eigenvalue weighted by molar-refractivity contribution is 7.11. The third-order valence-corrected chi connectivity index (χ3v) is 4.35. The number of thiophene rings is 1. The Morgan fingerprint density at radius 3 is 2.73 bits per heavy atom. The van der Waals surface area contributed by atoms with Crippen molar-refractivity contribution in [3.05, 3.63) is 46.0 Å². The lowest BCUT2D eigenvalue weighted by Gasteiger charge is -2.13. The topological polar surface area (TPSA) is 69.8 Å². The lowest BCUT2D eigenvalue weighted by molar-refractivity contribution is 0.153. The Kier molecular flexibility index (Phi) is 6.48. The van der Waals surface area contributed by atoms with Crippen LogP contribution in [-0.2, 0) is 13.0 Å². The highest BCUT2D eigenvalue weighted by atomic mass is 32.1. The van der Waals surface area contributed by atoms with Gasteiger partial charge in [-0.05, 0) is 37.6 Å². The van der Waals surface area contributed by atoms with E-state index < -0.39 is 6.10 Å². The molecule has 0 aliphatic carbocycles. The summed E-state index contributed by atoms with van der Waals surface area (Å²) in [4.78, 5) is 7.16. The first-order chi connectivity index (χ1) is 10.7. The molecule has 0 spiro atoms. The van der Waals surface area contributed by atoms with E-state index in [1.165, 1.54) is 9.75 Å².